The van der Waals surface area contributed by atoms with Crippen molar-refractivity contribution in [2.45, 2.75) is 40.2 Å². The number of carbonyl (C=O) groups is 1. The Hall–Kier alpha value is -1.35. The second-order valence-corrected chi connectivity index (χ2v) is 4.34. The molecule has 0 spiro atoms. The summed E-state index contributed by atoms with van der Waals surface area (Å²) in [5.74, 6) is -0.362. The number of ether oxygens (including phenoxy) is 1. The van der Waals surface area contributed by atoms with Gasteiger partial charge >= 0.3 is 5.97 Å². The topological polar surface area (TPSA) is 46.5 Å². The van der Waals surface area contributed by atoms with E-state index in [9.17, 15) is 9.90 Å². The van der Waals surface area contributed by atoms with E-state index in [1.165, 1.54) is 0 Å². The fourth-order valence-corrected chi connectivity index (χ4v) is 2.20. The Morgan fingerprint density at radius 2 is 1.82 bits per heavy atom. The molecule has 0 bridgehead atoms. The zero-order valence-corrected chi connectivity index (χ0v) is 10.9. The van der Waals surface area contributed by atoms with E-state index in [4.69, 9.17) is 4.74 Å². The number of aliphatic hydroxyl groups excluding tert-OH is 1. The molecular weight excluding hydrogens is 216 g/mol. The van der Waals surface area contributed by atoms with Crippen LogP contribution in [0.15, 0.2) is 12.1 Å². The fraction of sp³-hybridized carbons (Fsp3) is 0.500. The molecule has 1 unspecified atom stereocenters. The lowest BCUT2D eigenvalue weighted by Gasteiger charge is -2.16. The third-order valence-electron chi connectivity index (χ3n) is 2.74. The number of rotatable bonds is 4. The monoisotopic (exact) mass is 236 g/mol. The van der Waals surface area contributed by atoms with Gasteiger partial charge in [-0.2, -0.15) is 0 Å². The van der Waals surface area contributed by atoms with Crippen LogP contribution in [0.3, 0.4) is 0 Å². The highest BCUT2D eigenvalue weighted by Gasteiger charge is 2.17. The van der Waals surface area contributed by atoms with Crippen LogP contribution in [-0.2, 0) is 9.53 Å². The summed E-state index contributed by atoms with van der Waals surface area (Å²) in [5.41, 5.74) is 4.02. The zero-order valence-electron chi connectivity index (χ0n) is 10.9. The summed E-state index contributed by atoms with van der Waals surface area (Å²) in [4.78, 5) is 11.3. The number of aliphatic hydroxyl groups is 1. The molecule has 3 nitrogen and oxygen atoms in total. The van der Waals surface area contributed by atoms with Gasteiger partial charge in [0.25, 0.3) is 0 Å². The minimum absolute atomic E-state index is 0.0125. The number of hydrogen-bond donors (Lipinski definition) is 1. The van der Waals surface area contributed by atoms with Crippen LogP contribution in [0.25, 0.3) is 0 Å². The molecule has 17 heavy (non-hydrogen) atoms. The van der Waals surface area contributed by atoms with Crippen molar-refractivity contribution in [3.05, 3.63) is 34.4 Å². The quantitative estimate of drug-likeness (QED) is 0.817. The maximum atomic E-state index is 11.3. The first kappa shape index (κ1) is 13.7. The van der Waals surface area contributed by atoms with Gasteiger partial charge in [0, 0.05) is 0 Å². The van der Waals surface area contributed by atoms with Gasteiger partial charge in [0.05, 0.1) is 19.1 Å². The molecule has 1 rings (SSSR count). The second-order valence-electron chi connectivity index (χ2n) is 4.34. The van der Waals surface area contributed by atoms with Gasteiger partial charge in [0.15, 0.2) is 0 Å². The standard InChI is InChI=1S/C14H20O3/c1-5-17-13(16)8-12(15)14-10(3)6-9(2)7-11(14)4/h6-7,12,15H,5,8H2,1-4H3. The van der Waals surface area contributed by atoms with E-state index in [0.717, 1.165) is 22.3 Å². The molecule has 1 aromatic rings. The largest absolute Gasteiger partial charge is 0.466 e. The normalized spacial score (nSPS) is 12.3. The Bertz CT molecular complexity index is 387. The molecule has 1 N–H and O–H groups in total. The van der Waals surface area contributed by atoms with Gasteiger partial charge in [0.2, 0.25) is 0 Å². The van der Waals surface area contributed by atoms with Gasteiger partial charge in [-0.3, -0.25) is 4.79 Å². The molecule has 1 atom stereocenters. The van der Waals surface area contributed by atoms with Crippen LogP contribution in [-0.4, -0.2) is 17.7 Å². The zero-order chi connectivity index (χ0) is 13.0. The van der Waals surface area contributed by atoms with Gasteiger partial charge in [-0.05, 0) is 44.4 Å². The van der Waals surface area contributed by atoms with E-state index in [-0.39, 0.29) is 12.4 Å². The minimum Gasteiger partial charge on any atom is -0.466 e. The molecule has 0 aliphatic heterocycles. The predicted octanol–water partition coefficient (Wildman–Crippen LogP) is 2.60. The highest BCUT2D eigenvalue weighted by molar-refractivity contribution is 5.70. The highest BCUT2D eigenvalue weighted by atomic mass is 16.5. The molecule has 94 valence electrons. The number of hydrogen-bond acceptors (Lipinski definition) is 3. The summed E-state index contributed by atoms with van der Waals surface area (Å²) in [6.07, 6.45) is -0.770. The summed E-state index contributed by atoms with van der Waals surface area (Å²) in [6, 6.07) is 4.02. The van der Waals surface area contributed by atoms with Crippen molar-refractivity contribution in [2.75, 3.05) is 6.61 Å². The Morgan fingerprint density at radius 1 is 1.29 bits per heavy atom. The first-order valence-corrected chi connectivity index (χ1v) is 5.87. The Morgan fingerprint density at radius 3 is 2.29 bits per heavy atom. The lowest BCUT2D eigenvalue weighted by molar-refractivity contribution is -0.145. The third-order valence-corrected chi connectivity index (χ3v) is 2.74. The molecule has 0 radical (unpaired) electrons. The van der Waals surface area contributed by atoms with Crippen LogP contribution in [0.5, 0.6) is 0 Å². The van der Waals surface area contributed by atoms with Crippen molar-refractivity contribution in [2.24, 2.45) is 0 Å². The molecule has 0 fully saturated rings. The molecule has 0 aliphatic carbocycles. The van der Waals surface area contributed by atoms with Crippen LogP contribution in [0.2, 0.25) is 0 Å². The Labute approximate surface area is 102 Å². The minimum atomic E-state index is -0.783. The van der Waals surface area contributed by atoms with Crippen molar-refractivity contribution in [1.82, 2.24) is 0 Å². The van der Waals surface area contributed by atoms with E-state index in [2.05, 4.69) is 0 Å². The van der Waals surface area contributed by atoms with Crippen LogP contribution in [0, 0.1) is 20.8 Å². The number of carbonyl (C=O) groups excluding carboxylic acids is 1. The molecule has 0 saturated carbocycles. The maximum Gasteiger partial charge on any atom is 0.308 e. The molecule has 0 amide bonds. The smallest absolute Gasteiger partial charge is 0.308 e. The van der Waals surface area contributed by atoms with Crippen LogP contribution in [0.1, 0.15) is 41.7 Å². The molecule has 0 aliphatic rings. The van der Waals surface area contributed by atoms with E-state index in [0.29, 0.717) is 6.61 Å². The average molecular weight is 236 g/mol. The average Bonchev–Trinajstić information content (AvgIpc) is 2.15. The molecule has 3 heteroatoms. The lowest BCUT2D eigenvalue weighted by Crippen LogP contribution is -2.12. The summed E-state index contributed by atoms with van der Waals surface area (Å²) >= 11 is 0. The first-order valence-electron chi connectivity index (χ1n) is 5.87. The van der Waals surface area contributed by atoms with Gasteiger partial charge < -0.3 is 9.84 Å². The summed E-state index contributed by atoms with van der Waals surface area (Å²) in [7, 11) is 0. The Balaban J connectivity index is 2.89. The van der Waals surface area contributed by atoms with Crippen molar-refractivity contribution in [3.8, 4) is 0 Å². The van der Waals surface area contributed by atoms with Gasteiger partial charge in [-0.1, -0.05) is 17.7 Å². The SMILES string of the molecule is CCOC(=O)CC(O)c1c(C)cc(C)cc1C. The Kier molecular flexibility index (Phi) is 4.70. The molecule has 0 aromatic heterocycles. The van der Waals surface area contributed by atoms with E-state index < -0.39 is 6.10 Å². The van der Waals surface area contributed by atoms with Crippen molar-refractivity contribution < 1.29 is 14.6 Å². The van der Waals surface area contributed by atoms with Crippen molar-refractivity contribution in [3.63, 3.8) is 0 Å². The van der Waals surface area contributed by atoms with E-state index in [1.54, 1.807) is 6.92 Å². The van der Waals surface area contributed by atoms with Crippen LogP contribution >= 0.6 is 0 Å². The summed E-state index contributed by atoms with van der Waals surface area (Å²) in [6.45, 7) is 8.01. The number of benzene rings is 1. The summed E-state index contributed by atoms with van der Waals surface area (Å²) in [5, 5.41) is 10.1. The summed E-state index contributed by atoms with van der Waals surface area (Å²) < 4.78 is 4.84. The van der Waals surface area contributed by atoms with Crippen LogP contribution < -0.4 is 0 Å². The molecule has 0 saturated heterocycles. The maximum absolute atomic E-state index is 11.3. The second kappa shape index (κ2) is 5.82. The lowest BCUT2D eigenvalue weighted by atomic mass is 9.94. The van der Waals surface area contributed by atoms with Crippen molar-refractivity contribution >= 4 is 5.97 Å². The first-order chi connectivity index (χ1) is 7.95. The van der Waals surface area contributed by atoms with E-state index in [1.807, 2.05) is 32.9 Å². The van der Waals surface area contributed by atoms with Gasteiger partial charge in [-0.15, -0.1) is 0 Å². The predicted molar refractivity (Wildman–Crippen MR) is 66.9 cm³/mol. The van der Waals surface area contributed by atoms with Crippen LogP contribution in [0.4, 0.5) is 0 Å². The van der Waals surface area contributed by atoms with Gasteiger partial charge in [0.1, 0.15) is 0 Å². The van der Waals surface area contributed by atoms with E-state index >= 15 is 0 Å². The van der Waals surface area contributed by atoms with Crippen molar-refractivity contribution in [1.29, 1.82) is 0 Å². The van der Waals surface area contributed by atoms with Gasteiger partial charge in [-0.25, -0.2) is 0 Å². The molecule has 0 heterocycles. The molecule has 1 aromatic carbocycles. The molecular formula is C14H20O3. The highest BCUT2D eigenvalue weighted by Crippen LogP contribution is 2.25. The number of esters is 1. The number of aryl methyl sites for hydroxylation is 3. The third kappa shape index (κ3) is 3.56. The fourth-order valence-electron chi connectivity index (χ4n) is 2.20.